The lowest BCUT2D eigenvalue weighted by Crippen LogP contribution is -2.14. The Morgan fingerprint density at radius 3 is 2.33 bits per heavy atom. The molecule has 0 radical (unpaired) electrons. The molecule has 2 aromatic carbocycles. The van der Waals surface area contributed by atoms with Crippen molar-refractivity contribution in [2.75, 3.05) is 20.8 Å². The molecule has 158 valence electrons. The van der Waals surface area contributed by atoms with Gasteiger partial charge < -0.3 is 14.2 Å². The molecule has 0 spiro atoms. The van der Waals surface area contributed by atoms with Gasteiger partial charge in [-0.25, -0.2) is 23.5 Å². The Balaban J connectivity index is 2.23. The van der Waals surface area contributed by atoms with Crippen LogP contribution in [0.3, 0.4) is 0 Å². The van der Waals surface area contributed by atoms with E-state index in [2.05, 4.69) is 9.97 Å². The zero-order valence-corrected chi connectivity index (χ0v) is 17.9. The molecule has 2 N–H and O–H groups in total. The molecule has 8 nitrogen and oxygen atoms in total. The molecule has 0 fully saturated rings. The van der Waals surface area contributed by atoms with E-state index in [1.54, 1.807) is 49.6 Å². The van der Waals surface area contributed by atoms with Crippen LogP contribution in [0, 0.1) is 0 Å². The monoisotopic (exact) mass is 449 g/mol. The van der Waals surface area contributed by atoms with Crippen LogP contribution in [0.15, 0.2) is 53.4 Å². The quantitative estimate of drug-likeness (QED) is 0.524. The molecule has 0 aliphatic heterocycles. The number of hydrogen-bond acceptors (Lipinski definition) is 7. The smallest absolute Gasteiger partial charge is 0.238 e. The highest BCUT2D eigenvalue weighted by Gasteiger charge is 2.23. The standard InChI is InChI=1S/C20H20ClN3O5S/c1-27-12-11-17-23-18(13-7-3-6-10-16(13)30(22,25)26)19(20(21)24-17)29-15-9-5-4-8-14(15)28-2/h3-10H,11-12H2,1-2H3,(H2,22,25,26). The van der Waals surface area contributed by atoms with E-state index in [9.17, 15) is 8.42 Å². The van der Waals surface area contributed by atoms with E-state index in [1.807, 2.05) is 0 Å². The number of benzene rings is 2. The minimum atomic E-state index is -4.04. The van der Waals surface area contributed by atoms with Crippen molar-refractivity contribution < 1.29 is 22.6 Å². The summed E-state index contributed by atoms with van der Waals surface area (Å²) >= 11 is 6.44. The first kappa shape index (κ1) is 22.0. The van der Waals surface area contributed by atoms with Gasteiger partial charge in [-0.05, 0) is 18.2 Å². The number of nitrogens with two attached hydrogens (primary N) is 1. The van der Waals surface area contributed by atoms with Gasteiger partial charge in [-0.15, -0.1) is 0 Å². The maximum Gasteiger partial charge on any atom is 0.238 e. The van der Waals surface area contributed by atoms with Gasteiger partial charge in [0.25, 0.3) is 0 Å². The van der Waals surface area contributed by atoms with Crippen molar-refractivity contribution in [2.45, 2.75) is 11.3 Å². The summed E-state index contributed by atoms with van der Waals surface area (Å²) in [4.78, 5) is 8.66. The summed E-state index contributed by atoms with van der Waals surface area (Å²) in [6.45, 7) is 0.360. The van der Waals surface area contributed by atoms with Gasteiger partial charge in [0.05, 0.1) is 18.6 Å². The number of nitrogens with zero attached hydrogens (tertiary/aromatic N) is 2. The molecule has 1 aromatic heterocycles. The van der Waals surface area contributed by atoms with Gasteiger partial charge in [-0.1, -0.05) is 41.9 Å². The Bertz CT molecular complexity index is 1150. The first-order valence-electron chi connectivity index (χ1n) is 8.83. The lowest BCUT2D eigenvalue weighted by molar-refractivity contribution is 0.200. The average molecular weight is 450 g/mol. The predicted molar refractivity (Wildman–Crippen MR) is 112 cm³/mol. The summed E-state index contributed by atoms with van der Waals surface area (Å²) in [6, 6.07) is 13.2. The van der Waals surface area contributed by atoms with Crippen molar-refractivity contribution in [1.82, 2.24) is 9.97 Å². The lowest BCUT2D eigenvalue weighted by atomic mass is 10.1. The minimum Gasteiger partial charge on any atom is -0.493 e. The Kier molecular flexibility index (Phi) is 6.88. The van der Waals surface area contributed by atoms with Crippen LogP contribution in [0.5, 0.6) is 17.2 Å². The van der Waals surface area contributed by atoms with Crippen LogP contribution in [-0.2, 0) is 21.2 Å². The van der Waals surface area contributed by atoms with E-state index >= 15 is 0 Å². The van der Waals surface area contributed by atoms with Crippen LogP contribution in [-0.4, -0.2) is 39.2 Å². The number of rotatable bonds is 8. The number of ether oxygens (including phenoxy) is 3. The Morgan fingerprint density at radius 1 is 1.00 bits per heavy atom. The fourth-order valence-corrected chi connectivity index (χ4v) is 3.73. The fraction of sp³-hybridized carbons (Fsp3) is 0.200. The number of halogens is 1. The molecule has 0 aliphatic rings. The number of aromatic nitrogens is 2. The van der Waals surface area contributed by atoms with Crippen LogP contribution in [0.2, 0.25) is 5.15 Å². The predicted octanol–water partition coefficient (Wildman–Crippen LogP) is 3.43. The van der Waals surface area contributed by atoms with Gasteiger partial charge >= 0.3 is 0 Å². The van der Waals surface area contributed by atoms with Gasteiger partial charge in [-0.3, -0.25) is 0 Å². The molecule has 3 rings (SSSR count). The fourth-order valence-electron chi connectivity index (χ4n) is 2.77. The summed E-state index contributed by atoms with van der Waals surface area (Å²) in [7, 11) is -0.976. The normalized spacial score (nSPS) is 11.3. The minimum absolute atomic E-state index is 0.0150. The molecule has 1 heterocycles. The molecule has 10 heteroatoms. The van der Waals surface area contributed by atoms with Crippen LogP contribution in [0.25, 0.3) is 11.3 Å². The van der Waals surface area contributed by atoms with E-state index in [0.717, 1.165) is 0 Å². The average Bonchev–Trinajstić information content (AvgIpc) is 2.73. The lowest BCUT2D eigenvalue weighted by Gasteiger charge is -2.16. The number of primary sulfonamides is 1. The third-order valence-corrected chi connectivity index (χ3v) is 5.36. The van der Waals surface area contributed by atoms with Crippen molar-refractivity contribution in [3.8, 4) is 28.5 Å². The zero-order chi connectivity index (χ0) is 21.7. The number of methoxy groups -OCH3 is 2. The second kappa shape index (κ2) is 9.40. The molecular weight excluding hydrogens is 430 g/mol. The first-order valence-corrected chi connectivity index (χ1v) is 10.8. The summed E-state index contributed by atoms with van der Waals surface area (Å²) in [6.07, 6.45) is 0.371. The second-order valence-corrected chi connectivity index (χ2v) is 8.03. The van der Waals surface area contributed by atoms with E-state index in [-0.39, 0.29) is 27.1 Å². The van der Waals surface area contributed by atoms with Crippen molar-refractivity contribution in [1.29, 1.82) is 0 Å². The first-order chi connectivity index (χ1) is 14.3. The molecule has 0 amide bonds. The molecular formula is C20H20ClN3O5S. The maximum atomic E-state index is 12.2. The van der Waals surface area contributed by atoms with Crippen molar-refractivity contribution in [3.05, 3.63) is 59.5 Å². The maximum absolute atomic E-state index is 12.2. The summed E-state index contributed by atoms with van der Waals surface area (Å²) in [5.41, 5.74) is 0.435. The third-order valence-electron chi connectivity index (χ3n) is 4.13. The molecule has 3 aromatic rings. The Morgan fingerprint density at radius 2 is 1.67 bits per heavy atom. The highest BCUT2D eigenvalue weighted by molar-refractivity contribution is 7.89. The molecule has 0 atom stereocenters. The van der Waals surface area contributed by atoms with Crippen LogP contribution < -0.4 is 14.6 Å². The summed E-state index contributed by atoms with van der Waals surface area (Å²) in [5, 5.41) is 5.43. The van der Waals surface area contributed by atoms with Crippen molar-refractivity contribution in [2.24, 2.45) is 5.14 Å². The Labute approximate surface area is 179 Å². The Hall–Kier alpha value is -2.72. The molecule has 0 saturated carbocycles. The van der Waals surface area contributed by atoms with Gasteiger partial charge in [0.15, 0.2) is 22.4 Å². The van der Waals surface area contributed by atoms with Gasteiger partial charge in [0, 0.05) is 19.1 Å². The van der Waals surface area contributed by atoms with Gasteiger partial charge in [0.2, 0.25) is 10.0 Å². The molecule has 30 heavy (non-hydrogen) atoms. The van der Waals surface area contributed by atoms with Crippen LogP contribution in [0.4, 0.5) is 0 Å². The zero-order valence-electron chi connectivity index (χ0n) is 16.3. The van der Waals surface area contributed by atoms with E-state index in [4.69, 9.17) is 31.0 Å². The van der Waals surface area contributed by atoms with Crippen molar-refractivity contribution in [3.63, 3.8) is 0 Å². The number of para-hydroxylation sites is 2. The summed E-state index contributed by atoms with van der Waals surface area (Å²) < 4.78 is 40.7. The van der Waals surface area contributed by atoms with Crippen LogP contribution >= 0.6 is 11.6 Å². The molecule has 0 bridgehead atoms. The van der Waals surface area contributed by atoms with E-state index < -0.39 is 10.0 Å². The molecule has 0 saturated heterocycles. The van der Waals surface area contributed by atoms with E-state index in [0.29, 0.717) is 30.4 Å². The topological polar surface area (TPSA) is 114 Å². The molecule has 0 unspecified atom stereocenters. The second-order valence-electron chi connectivity index (χ2n) is 6.15. The van der Waals surface area contributed by atoms with Crippen molar-refractivity contribution >= 4 is 21.6 Å². The van der Waals surface area contributed by atoms with E-state index in [1.165, 1.54) is 13.2 Å². The van der Waals surface area contributed by atoms with Crippen LogP contribution in [0.1, 0.15) is 5.82 Å². The van der Waals surface area contributed by atoms with Gasteiger partial charge in [0.1, 0.15) is 11.5 Å². The molecule has 0 aliphatic carbocycles. The summed E-state index contributed by atoms with van der Waals surface area (Å²) in [5.74, 6) is 1.28. The highest BCUT2D eigenvalue weighted by atomic mass is 35.5. The SMILES string of the molecule is COCCc1nc(Cl)c(Oc2ccccc2OC)c(-c2ccccc2S(N)(=O)=O)n1. The highest BCUT2D eigenvalue weighted by Crippen LogP contribution is 2.41. The number of hydrogen-bond donors (Lipinski definition) is 1. The van der Waals surface area contributed by atoms with Gasteiger partial charge in [-0.2, -0.15) is 0 Å². The third kappa shape index (κ3) is 4.88. The number of sulfonamides is 1. The largest absolute Gasteiger partial charge is 0.493 e.